The van der Waals surface area contributed by atoms with Gasteiger partial charge >= 0.3 is 12.1 Å². The van der Waals surface area contributed by atoms with Crippen LogP contribution in [0.3, 0.4) is 0 Å². The molecule has 122 valence electrons. The van der Waals surface area contributed by atoms with E-state index >= 15 is 0 Å². The van der Waals surface area contributed by atoms with Crippen LogP contribution in [0.4, 0.5) is 9.59 Å². The van der Waals surface area contributed by atoms with Crippen LogP contribution in [0.5, 0.6) is 0 Å². The fourth-order valence-electron chi connectivity index (χ4n) is 3.51. The summed E-state index contributed by atoms with van der Waals surface area (Å²) in [7, 11) is 0. The van der Waals surface area contributed by atoms with E-state index in [4.69, 9.17) is 0 Å². The van der Waals surface area contributed by atoms with Crippen LogP contribution in [0.15, 0.2) is 48.5 Å². The van der Waals surface area contributed by atoms with Gasteiger partial charge in [0.15, 0.2) is 11.3 Å². The molecule has 4 N–H and O–H groups in total. The molecule has 2 aliphatic rings. The molecule has 0 aromatic heterocycles. The number of nitrogens with one attached hydrogen (secondary N) is 4. The zero-order valence-electron chi connectivity index (χ0n) is 13.4. The maximum absolute atomic E-state index is 12.2. The van der Waals surface area contributed by atoms with Crippen LogP contribution in [-0.4, -0.2) is 12.1 Å². The Morgan fingerprint density at radius 1 is 0.583 bits per heavy atom. The van der Waals surface area contributed by atoms with Crippen LogP contribution in [0.25, 0.3) is 0 Å². The summed E-state index contributed by atoms with van der Waals surface area (Å²) in [4.78, 5) is 24.5. The van der Waals surface area contributed by atoms with Crippen molar-refractivity contribution in [3.05, 3.63) is 70.8 Å². The van der Waals surface area contributed by atoms with E-state index in [1.807, 2.05) is 62.4 Å². The van der Waals surface area contributed by atoms with Gasteiger partial charge in [-0.1, -0.05) is 59.7 Å². The first-order valence-electron chi connectivity index (χ1n) is 7.80. The molecule has 2 aliphatic heterocycles. The summed E-state index contributed by atoms with van der Waals surface area (Å²) >= 11 is 0. The number of hydrogen-bond acceptors (Lipinski definition) is 2. The minimum absolute atomic E-state index is 0.344. The van der Waals surface area contributed by atoms with Gasteiger partial charge in [0.25, 0.3) is 0 Å². The van der Waals surface area contributed by atoms with Crippen molar-refractivity contribution in [3.63, 3.8) is 0 Å². The maximum Gasteiger partial charge on any atom is 0.319 e. The molecule has 0 atom stereocenters. The monoisotopic (exact) mass is 322 g/mol. The van der Waals surface area contributed by atoms with Crippen molar-refractivity contribution in [2.75, 3.05) is 0 Å². The van der Waals surface area contributed by atoms with E-state index in [-0.39, 0.29) is 12.1 Å². The zero-order chi connectivity index (χ0) is 16.9. The molecule has 6 nitrogen and oxygen atoms in total. The number of benzene rings is 2. The fraction of sp³-hybridized carbons (Fsp3) is 0.222. The highest BCUT2D eigenvalue weighted by Crippen LogP contribution is 2.43. The summed E-state index contributed by atoms with van der Waals surface area (Å²) < 4.78 is 0. The van der Waals surface area contributed by atoms with Gasteiger partial charge < -0.3 is 21.3 Å². The first kappa shape index (κ1) is 14.6. The topological polar surface area (TPSA) is 82.3 Å². The largest absolute Gasteiger partial charge is 0.319 e. The maximum atomic E-state index is 12.2. The van der Waals surface area contributed by atoms with Gasteiger partial charge in [0, 0.05) is 11.1 Å². The third-order valence-electron chi connectivity index (χ3n) is 4.74. The Morgan fingerprint density at radius 3 is 1.17 bits per heavy atom. The van der Waals surface area contributed by atoms with Crippen LogP contribution >= 0.6 is 0 Å². The van der Waals surface area contributed by atoms with E-state index < -0.39 is 11.3 Å². The molecule has 2 heterocycles. The van der Waals surface area contributed by atoms with Gasteiger partial charge in [0.05, 0.1) is 0 Å². The Morgan fingerprint density at radius 2 is 0.875 bits per heavy atom. The molecule has 2 saturated heterocycles. The highest BCUT2D eigenvalue weighted by atomic mass is 16.2. The van der Waals surface area contributed by atoms with E-state index in [2.05, 4.69) is 21.3 Å². The smallest absolute Gasteiger partial charge is 0.307 e. The number of fused-ring (bicyclic) bond motifs is 1. The number of rotatable bonds is 2. The predicted octanol–water partition coefficient (Wildman–Crippen LogP) is 1.93. The zero-order valence-corrected chi connectivity index (χ0v) is 13.4. The summed E-state index contributed by atoms with van der Waals surface area (Å²) in [5, 5.41) is 11.6. The van der Waals surface area contributed by atoms with Gasteiger partial charge in [-0.3, -0.25) is 0 Å². The number of carbonyl (C=O) groups excluding carboxylic acids is 2. The fourth-order valence-corrected chi connectivity index (χ4v) is 3.51. The van der Waals surface area contributed by atoms with Gasteiger partial charge in [0.1, 0.15) is 0 Å². The molecular formula is C18H18N4O2. The van der Waals surface area contributed by atoms with Crippen molar-refractivity contribution in [2.45, 2.75) is 25.2 Å². The molecule has 4 rings (SSSR count). The van der Waals surface area contributed by atoms with Crippen LogP contribution in [0, 0.1) is 13.8 Å². The van der Waals surface area contributed by atoms with Crippen molar-refractivity contribution in [3.8, 4) is 0 Å². The summed E-state index contributed by atoms with van der Waals surface area (Å²) in [6, 6.07) is 14.8. The van der Waals surface area contributed by atoms with Crippen LogP contribution in [-0.2, 0) is 11.3 Å². The Balaban J connectivity index is 1.94. The van der Waals surface area contributed by atoms with E-state index in [0.717, 1.165) is 22.3 Å². The Hall–Kier alpha value is -3.02. The molecule has 2 aromatic rings. The Labute approximate surface area is 139 Å². The van der Waals surface area contributed by atoms with E-state index in [9.17, 15) is 9.59 Å². The average molecular weight is 322 g/mol. The molecule has 2 fully saturated rings. The van der Waals surface area contributed by atoms with Crippen LogP contribution in [0.1, 0.15) is 22.3 Å². The molecule has 0 spiro atoms. The quantitative estimate of drug-likeness (QED) is 0.681. The number of hydrogen-bond donors (Lipinski definition) is 4. The third-order valence-corrected chi connectivity index (χ3v) is 4.74. The number of amides is 4. The predicted molar refractivity (Wildman–Crippen MR) is 89.0 cm³/mol. The van der Waals surface area contributed by atoms with Crippen molar-refractivity contribution in [1.29, 1.82) is 0 Å². The second kappa shape index (κ2) is 4.74. The Bertz CT molecular complexity index is 740. The molecule has 0 unspecified atom stereocenters. The molecule has 6 heteroatoms. The van der Waals surface area contributed by atoms with Gasteiger partial charge in [-0.25, -0.2) is 9.59 Å². The molecule has 4 amide bonds. The van der Waals surface area contributed by atoms with Gasteiger partial charge in [-0.05, 0) is 13.8 Å². The number of aryl methyl sites for hydroxylation is 2. The summed E-state index contributed by atoms with van der Waals surface area (Å²) in [6.07, 6.45) is 0. The van der Waals surface area contributed by atoms with Crippen molar-refractivity contribution >= 4 is 12.1 Å². The van der Waals surface area contributed by atoms with E-state index in [1.54, 1.807) is 0 Å². The molecule has 2 aromatic carbocycles. The highest BCUT2D eigenvalue weighted by Gasteiger charge is 2.66. The van der Waals surface area contributed by atoms with Crippen molar-refractivity contribution in [2.24, 2.45) is 0 Å². The standard InChI is InChI=1S/C18H18N4O2/c1-11-3-7-13(8-4-11)17-18(21-15(23)19-17,22-16(24)20-17)14-9-5-12(2)6-10-14/h3-10H,1-2H3,(H2,19,21,23)(H2,20,22,24). The molecule has 24 heavy (non-hydrogen) atoms. The molecule has 0 radical (unpaired) electrons. The molecular weight excluding hydrogens is 304 g/mol. The van der Waals surface area contributed by atoms with E-state index in [0.29, 0.717) is 0 Å². The van der Waals surface area contributed by atoms with E-state index in [1.165, 1.54) is 0 Å². The van der Waals surface area contributed by atoms with Gasteiger partial charge in [-0.2, -0.15) is 0 Å². The van der Waals surface area contributed by atoms with Crippen molar-refractivity contribution in [1.82, 2.24) is 21.3 Å². The summed E-state index contributed by atoms with van der Waals surface area (Å²) in [5.74, 6) is 0. The first-order valence-corrected chi connectivity index (χ1v) is 7.80. The molecule has 0 aliphatic carbocycles. The van der Waals surface area contributed by atoms with Crippen LogP contribution in [0.2, 0.25) is 0 Å². The lowest BCUT2D eigenvalue weighted by atomic mass is 9.83. The third kappa shape index (κ3) is 1.83. The lowest BCUT2D eigenvalue weighted by Gasteiger charge is -2.37. The van der Waals surface area contributed by atoms with Gasteiger partial charge in [-0.15, -0.1) is 0 Å². The second-order valence-corrected chi connectivity index (χ2v) is 6.39. The normalized spacial score (nSPS) is 27.8. The summed E-state index contributed by atoms with van der Waals surface area (Å²) in [6.45, 7) is 3.98. The molecule has 0 bridgehead atoms. The summed E-state index contributed by atoms with van der Waals surface area (Å²) in [5.41, 5.74) is 1.61. The minimum Gasteiger partial charge on any atom is -0.307 e. The second-order valence-electron chi connectivity index (χ2n) is 6.39. The SMILES string of the molecule is Cc1ccc(C23NC(=O)NC2(c2ccc(C)cc2)NC(=O)N3)cc1. The highest BCUT2D eigenvalue weighted by molar-refractivity contribution is 5.89. The van der Waals surface area contributed by atoms with Gasteiger partial charge in [0.2, 0.25) is 0 Å². The molecule has 0 saturated carbocycles. The number of urea groups is 2. The first-order chi connectivity index (χ1) is 11.4. The lowest BCUT2D eigenvalue weighted by Crippen LogP contribution is -2.60. The van der Waals surface area contributed by atoms with Crippen LogP contribution < -0.4 is 21.3 Å². The average Bonchev–Trinajstić information content (AvgIpc) is 2.96. The Kier molecular flexibility index (Phi) is 2.87. The lowest BCUT2D eigenvalue weighted by molar-refractivity contribution is 0.208. The minimum atomic E-state index is -1.09. The van der Waals surface area contributed by atoms with Crippen molar-refractivity contribution < 1.29 is 9.59 Å². The number of carbonyl (C=O) groups is 2.